The summed E-state index contributed by atoms with van der Waals surface area (Å²) in [6.07, 6.45) is 4.39. The van der Waals surface area contributed by atoms with E-state index >= 15 is 0 Å². The lowest BCUT2D eigenvalue weighted by Crippen LogP contribution is -2.43. The van der Waals surface area contributed by atoms with Crippen LogP contribution in [-0.4, -0.2) is 50.0 Å². The summed E-state index contributed by atoms with van der Waals surface area (Å²) in [5.74, 6) is 1.03. The predicted molar refractivity (Wildman–Crippen MR) is 122 cm³/mol. The van der Waals surface area contributed by atoms with Gasteiger partial charge in [-0.2, -0.15) is 4.98 Å². The van der Waals surface area contributed by atoms with Crippen LogP contribution in [0.3, 0.4) is 0 Å². The molecule has 1 saturated heterocycles. The number of ether oxygens (including phenoxy) is 1. The van der Waals surface area contributed by atoms with Crippen LogP contribution in [-0.2, 0) is 11.2 Å². The Morgan fingerprint density at radius 1 is 1.35 bits per heavy atom. The van der Waals surface area contributed by atoms with Crippen LogP contribution in [0, 0.1) is 19.7 Å². The number of aromatic nitrogens is 4. The molecule has 0 spiro atoms. The monoisotopic (exact) mass is 464 g/mol. The smallest absolute Gasteiger partial charge is 0.239 e. The topological polar surface area (TPSA) is 123 Å². The van der Waals surface area contributed by atoms with Gasteiger partial charge in [0.05, 0.1) is 17.3 Å². The number of halogens is 1. The van der Waals surface area contributed by atoms with E-state index in [1.807, 2.05) is 13.1 Å². The number of aryl methyl sites for hydroxylation is 2. The average Bonchev–Trinajstić information content (AvgIpc) is 3.56. The second kappa shape index (κ2) is 8.86. The lowest BCUT2D eigenvalue weighted by atomic mass is 10.0. The maximum atomic E-state index is 14.8. The highest BCUT2D eigenvalue weighted by molar-refractivity contribution is 5.86. The third-order valence-corrected chi connectivity index (χ3v) is 6.11. The number of amides is 1. The standard InChI is InChI=1S/C24H25FN6O3/c1-13-11-28-22-21(13)20(5-7-27-22)33-19-4-3-15(9-17(19)25)10-18(26)24(32)31-8-6-16(12-31)23-29-14(2)30-34-23/h3-5,7,9,11,16,18H,6,8,10,12,26H2,1-2H3,(H,27,28). The number of rotatable bonds is 6. The van der Waals surface area contributed by atoms with Crippen LogP contribution in [0.2, 0.25) is 0 Å². The van der Waals surface area contributed by atoms with E-state index in [0.717, 1.165) is 17.4 Å². The normalized spacial score (nSPS) is 16.8. The van der Waals surface area contributed by atoms with Crippen molar-refractivity contribution in [1.29, 1.82) is 0 Å². The van der Waals surface area contributed by atoms with Crippen molar-refractivity contribution in [2.45, 2.75) is 38.6 Å². The molecule has 3 N–H and O–H groups in total. The summed E-state index contributed by atoms with van der Waals surface area (Å²) >= 11 is 0. The molecule has 1 aromatic carbocycles. The number of fused-ring (bicyclic) bond motifs is 1. The van der Waals surface area contributed by atoms with E-state index in [1.54, 1.807) is 36.2 Å². The van der Waals surface area contributed by atoms with Gasteiger partial charge in [-0.05, 0) is 56.0 Å². The number of likely N-dealkylation sites (tertiary alicyclic amines) is 1. The van der Waals surface area contributed by atoms with Gasteiger partial charge in [0, 0.05) is 25.5 Å². The lowest BCUT2D eigenvalue weighted by Gasteiger charge is -2.21. The second-order valence-electron chi connectivity index (χ2n) is 8.63. The number of pyridine rings is 1. The van der Waals surface area contributed by atoms with Crippen LogP contribution in [0.25, 0.3) is 11.0 Å². The Morgan fingerprint density at radius 2 is 2.21 bits per heavy atom. The summed E-state index contributed by atoms with van der Waals surface area (Å²) in [5, 5.41) is 4.62. The van der Waals surface area contributed by atoms with E-state index in [4.69, 9.17) is 15.0 Å². The molecule has 1 aliphatic rings. The molecule has 0 bridgehead atoms. The Morgan fingerprint density at radius 3 is 2.97 bits per heavy atom. The molecular formula is C24H25FN6O3. The Hall–Kier alpha value is -3.79. The molecule has 2 atom stereocenters. The van der Waals surface area contributed by atoms with Gasteiger partial charge in [-0.15, -0.1) is 0 Å². The number of carbonyl (C=O) groups excluding carboxylic acids is 1. The fourth-order valence-electron chi connectivity index (χ4n) is 4.36. The fraction of sp³-hybridized carbons (Fsp3) is 0.333. The van der Waals surface area contributed by atoms with Gasteiger partial charge in [-0.1, -0.05) is 11.2 Å². The summed E-state index contributed by atoms with van der Waals surface area (Å²) in [5.41, 5.74) is 8.44. The van der Waals surface area contributed by atoms with Crippen molar-refractivity contribution >= 4 is 16.9 Å². The number of nitrogens with one attached hydrogen (secondary N) is 1. The summed E-state index contributed by atoms with van der Waals surface area (Å²) in [7, 11) is 0. The van der Waals surface area contributed by atoms with E-state index in [0.29, 0.717) is 41.8 Å². The third kappa shape index (κ3) is 4.24. The van der Waals surface area contributed by atoms with Gasteiger partial charge in [-0.3, -0.25) is 4.79 Å². The van der Waals surface area contributed by atoms with Crippen LogP contribution in [0.15, 0.2) is 41.2 Å². The molecule has 34 heavy (non-hydrogen) atoms. The number of aromatic amines is 1. The van der Waals surface area contributed by atoms with Crippen LogP contribution >= 0.6 is 0 Å². The van der Waals surface area contributed by atoms with Gasteiger partial charge in [0.15, 0.2) is 17.4 Å². The number of H-pyrrole nitrogens is 1. The van der Waals surface area contributed by atoms with Gasteiger partial charge in [0.1, 0.15) is 11.4 Å². The Kier molecular flexibility index (Phi) is 5.74. The molecule has 0 aliphatic carbocycles. The lowest BCUT2D eigenvalue weighted by molar-refractivity contribution is -0.131. The first-order chi connectivity index (χ1) is 16.4. The van der Waals surface area contributed by atoms with Crippen molar-refractivity contribution in [3.8, 4) is 11.5 Å². The number of benzene rings is 1. The number of nitrogens with two attached hydrogens (primary N) is 1. The minimum absolute atomic E-state index is 0.00884. The van der Waals surface area contributed by atoms with E-state index in [1.165, 1.54) is 6.07 Å². The van der Waals surface area contributed by atoms with E-state index < -0.39 is 11.9 Å². The van der Waals surface area contributed by atoms with Crippen molar-refractivity contribution in [3.05, 3.63) is 65.3 Å². The van der Waals surface area contributed by atoms with Gasteiger partial charge in [-0.25, -0.2) is 9.37 Å². The molecule has 176 valence electrons. The molecule has 0 radical (unpaired) electrons. The molecule has 10 heteroatoms. The molecule has 2 unspecified atom stereocenters. The molecule has 1 amide bonds. The second-order valence-corrected chi connectivity index (χ2v) is 8.63. The van der Waals surface area contributed by atoms with Crippen LogP contribution in [0.1, 0.15) is 35.2 Å². The largest absolute Gasteiger partial charge is 0.453 e. The van der Waals surface area contributed by atoms with Gasteiger partial charge in [0.25, 0.3) is 0 Å². The molecule has 4 aromatic rings. The maximum Gasteiger partial charge on any atom is 0.239 e. The number of hydrogen-bond donors (Lipinski definition) is 2. The molecule has 1 aliphatic heterocycles. The minimum atomic E-state index is -0.781. The summed E-state index contributed by atoms with van der Waals surface area (Å²) in [6, 6.07) is 5.56. The van der Waals surface area contributed by atoms with Crippen molar-refractivity contribution in [3.63, 3.8) is 0 Å². The van der Waals surface area contributed by atoms with Crippen LogP contribution < -0.4 is 10.5 Å². The zero-order valence-electron chi connectivity index (χ0n) is 18.9. The first-order valence-electron chi connectivity index (χ1n) is 11.1. The number of hydrogen-bond acceptors (Lipinski definition) is 7. The maximum absolute atomic E-state index is 14.8. The molecule has 9 nitrogen and oxygen atoms in total. The highest BCUT2D eigenvalue weighted by Crippen LogP contribution is 2.32. The predicted octanol–water partition coefficient (Wildman–Crippen LogP) is 3.38. The Bertz CT molecular complexity index is 1350. The zero-order valence-corrected chi connectivity index (χ0v) is 18.9. The first-order valence-corrected chi connectivity index (χ1v) is 11.1. The van der Waals surface area contributed by atoms with E-state index in [9.17, 15) is 9.18 Å². The van der Waals surface area contributed by atoms with Crippen molar-refractivity contribution < 1.29 is 18.4 Å². The molecule has 3 aromatic heterocycles. The quantitative estimate of drug-likeness (QED) is 0.448. The average molecular weight is 465 g/mol. The number of carbonyl (C=O) groups is 1. The zero-order chi connectivity index (χ0) is 23.8. The fourth-order valence-corrected chi connectivity index (χ4v) is 4.36. The van der Waals surface area contributed by atoms with Gasteiger partial charge < -0.3 is 24.9 Å². The van der Waals surface area contributed by atoms with E-state index in [2.05, 4.69) is 20.1 Å². The minimum Gasteiger partial charge on any atom is -0.453 e. The SMILES string of the molecule is Cc1noc(C2CCN(C(=O)C(N)Cc3ccc(Oc4ccnc5[nH]cc(C)c45)c(F)c3)C2)n1. The summed E-state index contributed by atoms with van der Waals surface area (Å²) in [4.78, 5) is 26.1. The van der Waals surface area contributed by atoms with Crippen LogP contribution in [0.4, 0.5) is 4.39 Å². The molecule has 0 saturated carbocycles. The molecule has 5 rings (SSSR count). The Labute approximate surface area is 195 Å². The van der Waals surface area contributed by atoms with E-state index in [-0.39, 0.29) is 24.0 Å². The van der Waals surface area contributed by atoms with Gasteiger partial charge in [0.2, 0.25) is 11.8 Å². The van der Waals surface area contributed by atoms with Gasteiger partial charge >= 0.3 is 0 Å². The first kappa shape index (κ1) is 22.0. The number of nitrogens with zero attached hydrogens (tertiary/aromatic N) is 4. The summed E-state index contributed by atoms with van der Waals surface area (Å²) < 4.78 is 25.9. The third-order valence-electron chi connectivity index (χ3n) is 6.11. The molecule has 4 heterocycles. The highest BCUT2D eigenvalue weighted by Gasteiger charge is 2.33. The van der Waals surface area contributed by atoms with Crippen molar-refractivity contribution in [1.82, 2.24) is 25.0 Å². The Balaban J connectivity index is 1.24. The highest BCUT2D eigenvalue weighted by atomic mass is 19.1. The van der Waals surface area contributed by atoms with Crippen molar-refractivity contribution in [2.75, 3.05) is 13.1 Å². The van der Waals surface area contributed by atoms with Crippen LogP contribution in [0.5, 0.6) is 11.5 Å². The molecular weight excluding hydrogens is 439 g/mol. The summed E-state index contributed by atoms with van der Waals surface area (Å²) in [6.45, 7) is 4.74. The van der Waals surface area contributed by atoms with Crippen molar-refractivity contribution in [2.24, 2.45) is 5.73 Å². The molecule has 1 fully saturated rings.